The van der Waals surface area contributed by atoms with Crippen molar-refractivity contribution in [1.82, 2.24) is 24.5 Å². The van der Waals surface area contributed by atoms with Crippen LogP contribution >= 0.6 is 0 Å². The minimum absolute atomic E-state index is 0.0365. The van der Waals surface area contributed by atoms with Gasteiger partial charge in [-0.1, -0.05) is 20.8 Å². The van der Waals surface area contributed by atoms with Crippen LogP contribution in [-0.2, 0) is 16.6 Å². The topological polar surface area (TPSA) is 92.7 Å². The number of fused-ring (bicyclic) bond motifs is 1. The number of aromatic amines is 1. The molecule has 0 unspecified atom stereocenters. The second kappa shape index (κ2) is 7.57. The van der Waals surface area contributed by atoms with Gasteiger partial charge < -0.3 is 4.98 Å². The average Bonchev–Trinajstić information content (AvgIpc) is 3.28. The van der Waals surface area contributed by atoms with Crippen molar-refractivity contribution in [1.29, 1.82) is 0 Å². The number of hydrogen-bond donors (Lipinski definition) is 2. The number of H-pyrrole nitrogens is 1. The lowest BCUT2D eigenvalue weighted by Crippen LogP contribution is -2.37. The van der Waals surface area contributed by atoms with E-state index in [1.54, 1.807) is 17.1 Å². The maximum absolute atomic E-state index is 12.8. The molecular formula is C21H29N5O2S. The van der Waals surface area contributed by atoms with Crippen LogP contribution in [0.1, 0.15) is 57.9 Å². The van der Waals surface area contributed by atoms with Crippen molar-refractivity contribution < 1.29 is 8.42 Å². The summed E-state index contributed by atoms with van der Waals surface area (Å²) in [6.45, 7) is 6.98. The Morgan fingerprint density at radius 1 is 1.24 bits per heavy atom. The number of sulfonamides is 1. The Hall–Kier alpha value is -2.19. The molecule has 7 nitrogen and oxygen atoms in total. The average molecular weight is 416 g/mol. The van der Waals surface area contributed by atoms with Gasteiger partial charge in [0.1, 0.15) is 10.5 Å². The summed E-state index contributed by atoms with van der Waals surface area (Å²) in [6, 6.07) is 4.02. The van der Waals surface area contributed by atoms with Crippen molar-refractivity contribution in [2.75, 3.05) is 0 Å². The van der Waals surface area contributed by atoms with E-state index in [1.165, 1.54) is 17.1 Å². The largest absolute Gasteiger partial charge is 0.346 e. The van der Waals surface area contributed by atoms with Crippen LogP contribution < -0.4 is 4.72 Å². The molecule has 3 aromatic rings. The van der Waals surface area contributed by atoms with Gasteiger partial charge >= 0.3 is 0 Å². The fourth-order valence-corrected chi connectivity index (χ4v) is 5.44. The van der Waals surface area contributed by atoms with E-state index in [9.17, 15) is 8.42 Å². The first kappa shape index (κ1) is 20.1. The molecular weight excluding hydrogens is 386 g/mol. The Morgan fingerprint density at radius 2 is 2.00 bits per heavy atom. The lowest BCUT2D eigenvalue weighted by Gasteiger charge is -2.28. The smallest absolute Gasteiger partial charge is 0.243 e. The molecule has 156 valence electrons. The summed E-state index contributed by atoms with van der Waals surface area (Å²) in [5.74, 6) is 0.434. The van der Waals surface area contributed by atoms with Gasteiger partial charge in [0.25, 0.3) is 0 Å². The summed E-state index contributed by atoms with van der Waals surface area (Å²) in [4.78, 5) is 7.85. The summed E-state index contributed by atoms with van der Waals surface area (Å²) in [7, 11) is -3.55. The van der Waals surface area contributed by atoms with Crippen LogP contribution in [0.2, 0.25) is 0 Å². The lowest BCUT2D eigenvalue weighted by atomic mass is 9.82. The molecule has 1 aliphatic carbocycles. The summed E-state index contributed by atoms with van der Waals surface area (Å²) < 4.78 is 30.2. The van der Waals surface area contributed by atoms with Crippen molar-refractivity contribution in [3.05, 3.63) is 42.5 Å². The minimum atomic E-state index is -3.55. The fourth-order valence-electron chi connectivity index (χ4n) is 4.18. The molecule has 1 fully saturated rings. The summed E-state index contributed by atoms with van der Waals surface area (Å²) in [5, 5.41) is 5.39. The monoisotopic (exact) mass is 415 g/mol. The first-order chi connectivity index (χ1) is 13.7. The molecule has 0 bridgehead atoms. The quantitative estimate of drug-likeness (QED) is 0.663. The molecule has 4 rings (SSSR count). The van der Waals surface area contributed by atoms with Crippen LogP contribution in [-0.4, -0.2) is 34.2 Å². The Kier molecular flexibility index (Phi) is 5.25. The number of pyridine rings is 1. The first-order valence-corrected chi connectivity index (χ1v) is 11.7. The summed E-state index contributed by atoms with van der Waals surface area (Å²) in [6.07, 6.45) is 10.5. The van der Waals surface area contributed by atoms with Crippen molar-refractivity contribution in [2.45, 2.75) is 69.9 Å². The molecule has 8 heteroatoms. The molecule has 0 radical (unpaired) electrons. The molecule has 0 aromatic carbocycles. The van der Waals surface area contributed by atoms with Gasteiger partial charge in [-0.25, -0.2) is 18.1 Å². The Morgan fingerprint density at radius 3 is 2.72 bits per heavy atom. The third-order valence-corrected chi connectivity index (χ3v) is 7.00. The van der Waals surface area contributed by atoms with Gasteiger partial charge in [-0.15, -0.1) is 0 Å². The van der Waals surface area contributed by atoms with Gasteiger partial charge in [0.2, 0.25) is 10.0 Å². The number of nitrogens with one attached hydrogen (secondary N) is 2. The fraction of sp³-hybridized carbons (Fsp3) is 0.524. The predicted molar refractivity (Wildman–Crippen MR) is 113 cm³/mol. The molecule has 29 heavy (non-hydrogen) atoms. The molecule has 0 saturated heterocycles. The number of rotatable bonds is 5. The number of aromatic nitrogens is 4. The Balaban J connectivity index is 1.39. The molecule has 0 spiro atoms. The van der Waals surface area contributed by atoms with Crippen LogP contribution in [0.25, 0.3) is 11.0 Å². The molecule has 1 aliphatic rings. The van der Waals surface area contributed by atoms with Gasteiger partial charge in [0.15, 0.2) is 0 Å². The molecule has 0 amide bonds. The zero-order chi connectivity index (χ0) is 20.6. The maximum Gasteiger partial charge on any atom is 0.243 e. The Bertz CT molecular complexity index is 1090. The standard InChI is InChI=1S/C21H29N5O2S/c1-21(2,3)14-26-13-17(11-24-26)29(27,28)25-16-8-6-15(7-9-16)19-12-23-20-18(19)5-4-10-22-20/h4-5,10-13,15-16,25H,6-9,14H2,1-3H3,(H,22,23)/t15-,16+. The van der Waals surface area contributed by atoms with Crippen LogP contribution in [0, 0.1) is 5.41 Å². The first-order valence-electron chi connectivity index (χ1n) is 10.2. The summed E-state index contributed by atoms with van der Waals surface area (Å²) in [5.41, 5.74) is 2.24. The zero-order valence-corrected chi connectivity index (χ0v) is 18.0. The normalized spacial score (nSPS) is 20.9. The molecule has 0 atom stereocenters. The van der Waals surface area contributed by atoms with E-state index in [2.05, 4.69) is 52.8 Å². The van der Waals surface area contributed by atoms with Crippen molar-refractivity contribution >= 4 is 21.1 Å². The van der Waals surface area contributed by atoms with Crippen molar-refractivity contribution in [2.24, 2.45) is 5.41 Å². The minimum Gasteiger partial charge on any atom is -0.346 e. The lowest BCUT2D eigenvalue weighted by molar-refractivity contribution is 0.325. The zero-order valence-electron chi connectivity index (χ0n) is 17.2. The van der Waals surface area contributed by atoms with Gasteiger partial charge in [0, 0.05) is 36.6 Å². The molecule has 3 aromatic heterocycles. The van der Waals surface area contributed by atoms with Crippen LogP contribution in [0.4, 0.5) is 0 Å². The Labute approximate surface area is 172 Å². The third kappa shape index (κ3) is 4.53. The predicted octanol–water partition coefficient (Wildman–Crippen LogP) is 3.81. The van der Waals surface area contributed by atoms with Crippen LogP contribution in [0.3, 0.4) is 0 Å². The molecule has 0 aliphatic heterocycles. The van der Waals surface area contributed by atoms with Crippen LogP contribution in [0.15, 0.2) is 41.8 Å². The van der Waals surface area contributed by atoms with Crippen LogP contribution in [0.5, 0.6) is 0 Å². The molecule has 1 saturated carbocycles. The van der Waals surface area contributed by atoms with Crippen molar-refractivity contribution in [3.8, 4) is 0 Å². The highest BCUT2D eigenvalue weighted by molar-refractivity contribution is 7.89. The SMILES string of the molecule is CC(C)(C)Cn1cc(S(=O)(=O)N[C@H]2CC[C@@H](c3c[nH]c4ncccc43)CC2)cn1. The third-order valence-electron chi connectivity index (χ3n) is 5.53. The van der Waals surface area contributed by atoms with E-state index in [-0.39, 0.29) is 16.4 Å². The highest BCUT2D eigenvalue weighted by Gasteiger charge is 2.28. The summed E-state index contributed by atoms with van der Waals surface area (Å²) >= 11 is 0. The van der Waals surface area contributed by atoms with E-state index < -0.39 is 10.0 Å². The number of hydrogen-bond acceptors (Lipinski definition) is 4. The van der Waals surface area contributed by atoms with E-state index >= 15 is 0 Å². The van der Waals surface area contributed by atoms with Crippen molar-refractivity contribution in [3.63, 3.8) is 0 Å². The van der Waals surface area contributed by atoms with Gasteiger partial charge in [-0.05, 0) is 54.7 Å². The second-order valence-electron chi connectivity index (χ2n) is 9.25. The second-order valence-corrected chi connectivity index (χ2v) is 11.0. The van der Waals surface area contributed by atoms with E-state index in [0.29, 0.717) is 12.5 Å². The van der Waals surface area contributed by atoms with Gasteiger partial charge in [-0.3, -0.25) is 4.68 Å². The van der Waals surface area contributed by atoms with E-state index in [1.807, 2.05) is 6.07 Å². The highest BCUT2D eigenvalue weighted by Crippen LogP contribution is 2.36. The number of nitrogens with zero attached hydrogens (tertiary/aromatic N) is 3. The maximum atomic E-state index is 12.8. The van der Waals surface area contributed by atoms with E-state index in [0.717, 1.165) is 31.3 Å². The molecule has 3 heterocycles. The van der Waals surface area contributed by atoms with Gasteiger partial charge in [0.05, 0.1) is 6.20 Å². The van der Waals surface area contributed by atoms with E-state index in [4.69, 9.17) is 0 Å². The van der Waals surface area contributed by atoms with Gasteiger partial charge in [-0.2, -0.15) is 5.10 Å². The highest BCUT2D eigenvalue weighted by atomic mass is 32.2. The molecule has 2 N–H and O–H groups in total.